The van der Waals surface area contributed by atoms with E-state index < -0.39 is 0 Å². The normalized spacial score (nSPS) is 19.0. The second-order valence-corrected chi connectivity index (χ2v) is 6.72. The second kappa shape index (κ2) is 6.83. The fraction of sp³-hybridized carbons (Fsp3) is 0.684. The third-order valence-electron chi connectivity index (χ3n) is 5.50. The van der Waals surface area contributed by atoms with Gasteiger partial charge in [0.15, 0.2) is 0 Å². The van der Waals surface area contributed by atoms with E-state index in [0.717, 1.165) is 18.8 Å². The molecule has 1 saturated carbocycles. The van der Waals surface area contributed by atoms with Crippen LogP contribution < -0.4 is 10.1 Å². The fourth-order valence-electron chi connectivity index (χ4n) is 4.13. The van der Waals surface area contributed by atoms with Crippen LogP contribution in [0.4, 0.5) is 0 Å². The molecule has 21 heavy (non-hydrogen) atoms. The zero-order chi connectivity index (χ0) is 15.3. The lowest BCUT2D eigenvalue weighted by atomic mass is 9.48. The molecule has 0 bridgehead atoms. The van der Waals surface area contributed by atoms with Crippen molar-refractivity contribution < 1.29 is 4.74 Å². The van der Waals surface area contributed by atoms with Crippen LogP contribution in [0.25, 0.3) is 0 Å². The fourth-order valence-corrected chi connectivity index (χ4v) is 4.13. The van der Waals surface area contributed by atoms with E-state index in [1.54, 1.807) is 7.11 Å². The number of hydrogen-bond donors (Lipinski definition) is 1. The first-order valence-electron chi connectivity index (χ1n) is 8.49. The average molecular weight is 289 g/mol. The minimum atomic E-state index is 0.258. The van der Waals surface area contributed by atoms with Crippen molar-refractivity contribution in [3.63, 3.8) is 0 Å². The van der Waals surface area contributed by atoms with Crippen LogP contribution in [-0.4, -0.2) is 20.2 Å². The second-order valence-electron chi connectivity index (χ2n) is 6.72. The molecule has 1 aromatic carbocycles. The Morgan fingerprint density at radius 3 is 2.33 bits per heavy atom. The van der Waals surface area contributed by atoms with Crippen molar-refractivity contribution in [1.29, 1.82) is 0 Å². The van der Waals surface area contributed by atoms with E-state index in [-0.39, 0.29) is 5.41 Å². The highest BCUT2D eigenvalue weighted by molar-refractivity contribution is 5.43. The maximum Gasteiger partial charge on any atom is 0.122 e. The molecule has 0 spiro atoms. The van der Waals surface area contributed by atoms with Gasteiger partial charge in [0.25, 0.3) is 0 Å². The van der Waals surface area contributed by atoms with Crippen molar-refractivity contribution in [3.05, 3.63) is 29.8 Å². The number of nitrogens with one attached hydrogen (secondary N) is 1. The summed E-state index contributed by atoms with van der Waals surface area (Å²) in [5.41, 5.74) is 2.19. The maximum atomic E-state index is 5.64. The highest BCUT2D eigenvalue weighted by Crippen LogP contribution is 2.60. The van der Waals surface area contributed by atoms with Gasteiger partial charge < -0.3 is 10.1 Å². The Bertz CT molecular complexity index is 443. The molecule has 0 radical (unpaired) electrons. The number of ether oxygens (including phenoxy) is 1. The molecule has 0 saturated heterocycles. The molecule has 0 heterocycles. The number of methoxy groups -OCH3 is 1. The zero-order valence-electron chi connectivity index (χ0n) is 14.2. The smallest absolute Gasteiger partial charge is 0.122 e. The van der Waals surface area contributed by atoms with E-state index in [9.17, 15) is 0 Å². The van der Waals surface area contributed by atoms with Crippen LogP contribution in [0, 0.1) is 5.41 Å². The molecule has 118 valence electrons. The Morgan fingerprint density at radius 1 is 1.10 bits per heavy atom. The molecular formula is C19H31NO. The van der Waals surface area contributed by atoms with E-state index in [2.05, 4.69) is 50.4 Å². The van der Waals surface area contributed by atoms with Gasteiger partial charge in [0.1, 0.15) is 5.75 Å². The van der Waals surface area contributed by atoms with E-state index >= 15 is 0 Å². The first-order chi connectivity index (χ1) is 10.2. The summed E-state index contributed by atoms with van der Waals surface area (Å²) in [6.45, 7) is 9.08. The molecule has 2 heteroatoms. The van der Waals surface area contributed by atoms with E-state index in [4.69, 9.17) is 4.74 Å². The molecule has 1 aliphatic carbocycles. The monoisotopic (exact) mass is 289 g/mol. The molecule has 2 rings (SSSR count). The molecule has 2 nitrogen and oxygen atoms in total. The standard InChI is InChI=1S/C19H31NO/c1-5-12-20-15-19(13-18(6-2,7-3)14-19)16-10-8-9-11-17(16)21-4/h8-11,20H,5-7,12-15H2,1-4H3. The first-order valence-corrected chi connectivity index (χ1v) is 8.49. The number of benzene rings is 1. The van der Waals surface area contributed by atoms with Crippen LogP contribution in [0.1, 0.15) is 58.4 Å². The molecule has 0 atom stereocenters. The van der Waals surface area contributed by atoms with Crippen LogP contribution in [0.3, 0.4) is 0 Å². The average Bonchev–Trinajstić information content (AvgIpc) is 2.50. The molecule has 1 N–H and O–H groups in total. The summed E-state index contributed by atoms with van der Waals surface area (Å²) in [6, 6.07) is 8.59. The minimum absolute atomic E-state index is 0.258. The number of para-hydroxylation sites is 1. The van der Waals surface area contributed by atoms with Gasteiger partial charge in [0.2, 0.25) is 0 Å². The highest BCUT2D eigenvalue weighted by atomic mass is 16.5. The van der Waals surface area contributed by atoms with Crippen LogP contribution in [-0.2, 0) is 5.41 Å². The maximum absolute atomic E-state index is 5.64. The van der Waals surface area contributed by atoms with Gasteiger partial charge in [-0.1, -0.05) is 51.8 Å². The van der Waals surface area contributed by atoms with Gasteiger partial charge in [-0.3, -0.25) is 0 Å². The Hall–Kier alpha value is -1.02. The summed E-state index contributed by atoms with van der Waals surface area (Å²) in [6.07, 6.45) is 6.32. The molecule has 0 amide bonds. The van der Waals surface area contributed by atoms with Gasteiger partial charge in [-0.15, -0.1) is 0 Å². The van der Waals surface area contributed by atoms with Gasteiger partial charge in [0.05, 0.1) is 7.11 Å². The Labute approximate surface area is 130 Å². The largest absolute Gasteiger partial charge is 0.496 e. The minimum Gasteiger partial charge on any atom is -0.496 e. The number of rotatable bonds is 8. The lowest BCUT2D eigenvalue weighted by Crippen LogP contribution is -2.54. The molecule has 0 aromatic heterocycles. The summed E-state index contributed by atoms with van der Waals surface area (Å²) in [5.74, 6) is 1.05. The topological polar surface area (TPSA) is 21.3 Å². The Kier molecular flexibility index (Phi) is 5.32. The van der Waals surface area contributed by atoms with Crippen LogP contribution in [0.5, 0.6) is 5.75 Å². The van der Waals surface area contributed by atoms with Crippen molar-refractivity contribution in [1.82, 2.24) is 5.32 Å². The van der Waals surface area contributed by atoms with E-state index in [1.807, 2.05) is 0 Å². The van der Waals surface area contributed by atoms with E-state index in [0.29, 0.717) is 5.41 Å². The molecule has 0 unspecified atom stereocenters. The molecule has 1 aliphatic rings. The lowest BCUT2D eigenvalue weighted by Gasteiger charge is -2.57. The van der Waals surface area contributed by atoms with Gasteiger partial charge in [-0.05, 0) is 37.3 Å². The SMILES string of the molecule is CCCNCC1(c2ccccc2OC)CC(CC)(CC)C1. The van der Waals surface area contributed by atoms with Crippen molar-refractivity contribution in [2.24, 2.45) is 5.41 Å². The zero-order valence-corrected chi connectivity index (χ0v) is 14.2. The van der Waals surface area contributed by atoms with Crippen molar-refractivity contribution in [2.75, 3.05) is 20.2 Å². The Morgan fingerprint density at radius 2 is 1.76 bits per heavy atom. The first kappa shape index (κ1) is 16.4. The summed E-state index contributed by atoms with van der Waals surface area (Å²) in [5, 5.41) is 3.66. The molecule has 1 aromatic rings. The summed E-state index contributed by atoms with van der Waals surface area (Å²) in [4.78, 5) is 0. The van der Waals surface area contributed by atoms with E-state index in [1.165, 1.54) is 37.7 Å². The predicted molar refractivity (Wildman–Crippen MR) is 90.1 cm³/mol. The lowest BCUT2D eigenvalue weighted by molar-refractivity contribution is 0.0117. The van der Waals surface area contributed by atoms with Crippen molar-refractivity contribution >= 4 is 0 Å². The predicted octanol–water partition coefficient (Wildman–Crippen LogP) is 4.53. The van der Waals surface area contributed by atoms with Crippen LogP contribution in [0.2, 0.25) is 0 Å². The van der Waals surface area contributed by atoms with Gasteiger partial charge in [0, 0.05) is 17.5 Å². The highest BCUT2D eigenvalue weighted by Gasteiger charge is 2.53. The van der Waals surface area contributed by atoms with Crippen LogP contribution in [0.15, 0.2) is 24.3 Å². The van der Waals surface area contributed by atoms with Gasteiger partial charge >= 0.3 is 0 Å². The summed E-state index contributed by atoms with van der Waals surface area (Å²) < 4.78 is 5.64. The molecule has 0 aliphatic heterocycles. The number of hydrogen-bond acceptors (Lipinski definition) is 2. The molecule has 1 fully saturated rings. The third-order valence-corrected chi connectivity index (χ3v) is 5.50. The summed E-state index contributed by atoms with van der Waals surface area (Å²) in [7, 11) is 1.79. The Balaban J connectivity index is 2.25. The third kappa shape index (κ3) is 3.11. The van der Waals surface area contributed by atoms with Crippen molar-refractivity contribution in [2.45, 2.75) is 58.3 Å². The summed E-state index contributed by atoms with van der Waals surface area (Å²) >= 11 is 0. The van der Waals surface area contributed by atoms with Gasteiger partial charge in [-0.2, -0.15) is 0 Å². The quantitative estimate of drug-likeness (QED) is 0.710. The van der Waals surface area contributed by atoms with Crippen LogP contribution >= 0.6 is 0 Å². The van der Waals surface area contributed by atoms with Crippen molar-refractivity contribution in [3.8, 4) is 5.75 Å². The van der Waals surface area contributed by atoms with Gasteiger partial charge in [-0.25, -0.2) is 0 Å². The molecular weight excluding hydrogens is 258 g/mol.